The van der Waals surface area contributed by atoms with Crippen LogP contribution in [0.4, 0.5) is 0 Å². The van der Waals surface area contributed by atoms with Gasteiger partial charge in [0, 0.05) is 17.5 Å². The zero-order valence-corrected chi connectivity index (χ0v) is 9.55. The van der Waals surface area contributed by atoms with E-state index in [9.17, 15) is 0 Å². The minimum absolute atomic E-state index is 0.0974. The first-order valence-corrected chi connectivity index (χ1v) is 5.58. The third kappa shape index (κ3) is 1.63. The molecule has 1 atom stereocenters. The van der Waals surface area contributed by atoms with Crippen LogP contribution in [-0.2, 0) is 11.8 Å². The lowest BCUT2D eigenvalue weighted by Crippen LogP contribution is -2.35. The maximum atomic E-state index is 5.92. The summed E-state index contributed by atoms with van der Waals surface area (Å²) in [6.45, 7) is 2.94. The highest BCUT2D eigenvalue weighted by molar-refractivity contribution is 5.47. The van der Waals surface area contributed by atoms with Crippen molar-refractivity contribution in [3.8, 4) is 5.75 Å². The molecule has 2 N–H and O–H groups in total. The topological polar surface area (TPSA) is 35.2 Å². The highest BCUT2D eigenvalue weighted by Gasteiger charge is 2.33. The van der Waals surface area contributed by atoms with Crippen LogP contribution >= 0.6 is 0 Å². The largest absolute Gasteiger partial charge is 0.496 e. The smallest absolute Gasteiger partial charge is 0.122 e. The van der Waals surface area contributed by atoms with E-state index in [1.54, 1.807) is 7.11 Å². The van der Waals surface area contributed by atoms with Gasteiger partial charge < -0.3 is 10.5 Å². The minimum Gasteiger partial charge on any atom is -0.496 e. The Morgan fingerprint density at radius 3 is 2.93 bits per heavy atom. The zero-order chi connectivity index (χ0) is 10.9. The van der Waals surface area contributed by atoms with E-state index in [1.165, 1.54) is 17.5 Å². The van der Waals surface area contributed by atoms with E-state index in [4.69, 9.17) is 10.5 Å². The molecule has 1 aromatic rings. The molecular formula is C13H19NO. The van der Waals surface area contributed by atoms with Gasteiger partial charge in [0.15, 0.2) is 0 Å². The quantitative estimate of drug-likeness (QED) is 0.803. The molecule has 1 aromatic carbocycles. The monoisotopic (exact) mass is 205 g/mol. The molecule has 0 radical (unpaired) electrons. The molecule has 0 fully saturated rings. The molecule has 0 bridgehead atoms. The van der Waals surface area contributed by atoms with Crippen LogP contribution in [0.15, 0.2) is 18.2 Å². The molecule has 0 spiro atoms. The number of benzene rings is 1. The van der Waals surface area contributed by atoms with Gasteiger partial charge >= 0.3 is 0 Å². The molecule has 2 heteroatoms. The molecule has 0 saturated heterocycles. The van der Waals surface area contributed by atoms with E-state index in [-0.39, 0.29) is 5.41 Å². The van der Waals surface area contributed by atoms with Crippen molar-refractivity contribution in [3.05, 3.63) is 29.3 Å². The molecule has 2 nitrogen and oxygen atoms in total. The average Bonchev–Trinajstić information content (AvgIpc) is 2.28. The summed E-state index contributed by atoms with van der Waals surface area (Å²) in [6.07, 6.45) is 3.55. The lowest BCUT2D eigenvalue weighted by Gasteiger charge is -2.36. The average molecular weight is 205 g/mol. The van der Waals surface area contributed by atoms with E-state index in [2.05, 4.69) is 19.1 Å². The number of methoxy groups -OCH3 is 1. The Morgan fingerprint density at radius 1 is 1.47 bits per heavy atom. The van der Waals surface area contributed by atoms with Gasteiger partial charge in [-0.2, -0.15) is 0 Å². The van der Waals surface area contributed by atoms with Crippen molar-refractivity contribution in [3.63, 3.8) is 0 Å². The summed E-state index contributed by atoms with van der Waals surface area (Å²) in [6, 6.07) is 6.31. The van der Waals surface area contributed by atoms with E-state index in [1.807, 2.05) is 6.07 Å². The fourth-order valence-corrected chi connectivity index (χ4v) is 2.64. The van der Waals surface area contributed by atoms with Gasteiger partial charge in [-0.25, -0.2) is 0 Å². The number of ether oxygens (including phenoxy) is 1. The molecule has 82 valence electrons. The van der Waals surface area contributed by atoms with Gasteiger partial charge in [-0.3, -0.25) is 0 Å². The highest BCUT2D eigenvalue weighted by atomic mass is 16.5. The molecule has 1 unspecified atom stereocenters. The molecular weight excluding hydrogens is 186 g/mol. The minimum atomic E-state index is 0.0974. The second-order valence-electron chi connectivity index (χ2n) is 4.61. The van der Waals surface area contributed by atoms with Crippen LogP contribution in [-0.4, -0.2) is 13.7 Å². The normalized spacial score (nSPS) is 24.7. The Hall–Kier alpha value is -1.02. The van der Waals surface area contributed by atoms with Gasteiger partial charge in [-0.15, -0.1) is 0 Å². The standard InChI is InChI=1S/C13H19NO/c1-13(9-14)8-4-6-10-5-3-7-11(15-2)12(10)13/h3,5,7H,4,6,8-9,14H2,1-2H3. The van der Waals surface area contributed by atoms with Crippen molar-refractivity contribution in [1.82, 2.24) is 0 Å². The first-order valence-electron chi connectivity index (χ1n) is 5.58. The van der Waals surface area contributed by atoms with Crippen molar-refractivity contribution in [2.45, 2.75) is 31.6 Å². The van der Waals surface area contributed by atoms with Crippen molar-refractivity contribution in [1.29, 1.82) is 0 Å². The lowest BCUT2D eigenvalue weighted by molar-refractivity contribution is 0.357. The van der Waals surface area contributed by atoms with Crippen LogP contribution in [0.3, 0.4) is 0 Å². The van der Waals surface area contributed by atoms with Gasteiger partial charge in [0.25, 0.3) is 0 Å². The molecule has 0 amide bonds. The van der Waals surface area contributed by atoms with Crippen LogP contribution in [0, 0.1) is 0 Å². The lowest BCUT2D eigenvalue weighted by atomic mass is 9.71. The first-order chi connectivity index (χ1) is 7.21. The third-order valence-electron chi connectivity index (χ3n) is 3.56. The second-order valence-corrected chi connectivity index (χ2v) is 4.61. The molecule has 0 saturated carbocycles. The van der Waals surface area contributed by atoms with E-state index in [0.29, 0.717) is 6.54 Å². The summed E-state index contributed by atoms with van der Waals surface area (Å²) in [5, 5.41) is 0. The number of hydrogen-bond acceptors (Lipinski definition) is 2. The van der Waals surface area contributed by atoms with Gasteiger partial charge in [-0.05, 0) is 30.9 Å². The molecule has 0 aliphatic heterocycles. The maximum Gasteiger partial charge on any atom is 0.122 e. The first kappa shape index (κ1) is 10.5. The zero-order valence-electron chi connectivity index (χ0n) is 9.55. The molecule has 0 heterocycles. The predicted molar refractivity (Wildman–Crippen MR) is 62.3 cm³/mol. The SMILES string of the molecule is COc1cccc2c1C(C)(CN)CCC2. The van der Waals surface area contributed by atoms with E-state index < -0.39 is 0 Å². The van der Waals surface area contributed by atoms with E-state index in [0.717, 1.165) is 18.6 Å². The van der Waals surface area contributed by atoms with Crippen molar-refractivity contribution in [2.24, 2.45) is 5.73 Å². The Balaban J connectivity index is 2.57. The summed E-state index contributed by atoms with van der Waals surface area (Å²) < 4.78 is 5.45. The Morgan fingerprint density at radius 2 is 2.27 bits per heavy atom. The molecule has 1 aliphatic rings. The van der Waals surface area contributed by atoms with Gasteiger partial charge in [0.05, 0.1) is 7.11 Å². The van der Waals surface area contributed by atoms with Crippen LogP contribution in [0.1, 0.15) is 30.9 Å². The Labute approximate surface area is 91.4 Å². The Kier molecular flexibility index (Phi) is 2.70. The summed E-state index contributed by atoms with van der Waals surface area (Å²) in [5.41, 5.74) is 8.76. The van der Waals surface area contributed by atoms with Crippen molar-refractivity contribution < 1.29 is 4.74 Å². The van der Waals surface area contributed by atoms with Gasteiger partial charge in [0.2, 0.25) is 0 Å². The van der Waals surface area contributed by atoms with Crippen molar-refractivity contribution in [2.75, 3.05) is 13.7 Å². The Bertz CT molecular complexity index is 347. The van der Waals surface area contributed by atoms with Crippen LogP contribution in [0.2, 0.25) is 0 Å². The van der Waals surface area contributed by atoms with Crippen LogP contribution in [0.5, 0.6) is 5.75 Å². The van der Waals surface area contributed by atoms with Gasteiger partial charge in [0.1, 0.15) is 5.75 Å². The third-order valence-corrected chi connectivity index (χ3v) is 3.56. The molecule has 2 rings (SSSR count). The highest BCUT2D eigenvalue weighted by Crippen LogP contribution is 2.41. The fourth-order valence-electron chi connectivity index (χ4n) is 2.64. The summed E-state index contributed by atoms with van der Waals surface area (Å²) >= 11 is 0. The van der Waals surface area contributed by atoms with Crippen LogP contribution < -0.4 is 10.5 Å². The number of aryl methyl sites for hydroxylation is 1. The van der Waals surface area contributed by atoms with E-state index >= 15 is 0 Å². The summed E-state index contributed by atoms with van der Waals surface area (Å²) in [4.78, 5) is 0. The molecule has 1 aliphatic carbocycles. The summed E-state index contributed by atoms with van der Waals surface area (Å²) in [7, 11) is 1.74. The number of nitrogens with two attached hydrogens (primary N) is 1. The summed E-state index contributed by atoms with van der Waals surface area (Å²) in [5.74, 6) is 1.00. The number of hydrogen-bond donors (Lipinski definition) is 1. The number of rotatable bonds is 2. The molecule has 15 heavy (non-hydrogen) atoms. The second kappa shape index (κ2) is 3.86. The van der Waals surface area contributed by atoms with Crippen molar-refractivity contribution >= 4 is 0 Å². The predicted octanol–water partition coefficient (Wildman–Crippen LogP) is 2.25. The van der Waals surface area contributed by atoms with Crippen LogP contribution in [0.25, 0.3) is 0 Å². The van der Waals surface area contributed by atoms with Gasteiger partial charge in [-0.1, -0.05) is 19.1 Å². The molecule has 0 aromatic heterocycles. The maximum absolute atomic E-state index is 5.92. The fraction of sp³-hybridized carbons (Fsp3) is 0.538. The number of fused-ring (bicyclic) bond motifs is 1.